The molecule has 0 saturated heterocycles. The monoisotopic (exact) mass is 413 g/mol. The number of esters is 2. The van der Waals surface area contributed by atoms with E-state index in [1.54, 1.807) is 13.8 Å². The van der Waals surface area contributed by atoms with Gasteiger partial charge in [0.15, 0.2) is 17.4 Å². The molecule has 0 aliphatic carbocycles. The fraction of sp³-hybridized carbons (Fsp3) is 0.556. The summed E-state index contributed by atoms with van der Waals surface area (Å²) >= 11 is 0. The zero-order valence-electron chi connectivity index (χ0n) is 16.6. The number of carbonyl (C=O) groups is 2. The molecule has 0 spiro atoms. The summed E-state index contributed by atoms with van der Waals surface area (Å²) in [6, 6.07) is 1.43. The van der Waals surface area contributed by atoms with Crippen molar-refractivity contribution in [1.29, 1.82) is 0 Å². The van der Waals surface area contributed by atoms with Gasteiger partial charge in [0.1, 0.15) is 0 Å². The minimum atomic E-state index is -1.58. The second-order valence-electron chi connectivity index (χ2n) is 5.87. The molecule has 1 aromatic rings. The number of benzene rings is 1. The van der Waals surface area contributed by atoms with Gasteiger partial charge in [0, 0.05) is 10.5 Å². The fourth-order valence-electron chi connectivity index (χ4n) is 3.12. The van der Waals surface area contributed by atoms with Gasteiger partial charge >= 0.3 is 11.9 Å². The van der Waals surface area contributed by atoms with E-state index in [-0.39, 0.29) is 48.6 Å². The molecule has 1 aliphatic rings. The summed E-state index contributed by atoms with van der Waals surface area (Å²) in [5, 5.41) is 11.4. The van der Waals surface area contributed by atoms with Crippen molar-refractivity contribution in [3.8, 4) is 23.0 Å². The number of ether oxygens (including phenoxy) is 6. The molecule has 160 valence electrons. The quantitative estimate of drug-likeness (QED) is 0.241. The minimum Gasteiger partial charge on any atom is -0.492 e. The third-order valence-corrected chi connectivity index (χ3v) is 4.24. The minimum absolute atomic E-state index is 0.0124. The third-order valence-electron chi connectivity index (χ3n) is 4.24. The van der Waals surface area contributed by atoms with Crippen LogP contribution in [0.15, 0.2) is 6.07 Å². The summed E-state index contributed by atoms with van der Waals surface area (Å²) in [5.74, 6) is -3.98. The second kappa shape index (κ2) is 9.80. The molecule has 29 heavy (non-hydrogen) atoms. The molecule has 2 rings (SSSR count). The highest BCUT2D eigenvalue weighted by Gasteiger charge is 2.44. The van der Waals surface area contributed by atoms with Crippen LogP contribution < -0.4 is 18.9 Å². The number of hydrogen-bond donors (Lipinski definition) is 0. The van der Waals surface area contributed by atoms with Gasteiger partial charge in [-0.2, -0.15) is 0 Å². The van der Waals surface area contributed by atoms with Crippen molar-refractivity contribution in [3.05, 3.63) is 21.7 Å². The topological polar surface area (TPSA) is 133 Å². The van der Waals surface area contributed by atoms with Gasteiger partial charge in [-0.05, 0) is 19.9 Å². The van der Waals surface area contributed by atoms with Crippen molar-refractivity contribution in [2.45, 2.75) is 19.8 Å². The smallest absolute Gasteiger partial charge is 0.321 e. The van der Waals surface area contributed by atoms with Crippen LogP contribution in [0.4, 0.5) is 0 Å². The Morgan fingerprint density at radius 2 is 1.69 bits per heavy atom. The largest absolute Gasteiger partial charge is 0.492 e. The van der Waals surface area contributed by atoms with Crippen LogP contribution in [0, 0.1) is 16.0 Å². The molecule has 11 nitrogen and oxygen atoms in total. The number of nitrogens with zero attached hydrogens (tertiary/aromatic N) is 1. The number of nitro groups is 1. The Balaban J connectivity index is 2.68. The molecule has 0 aromatic heterocycles. The van der Waals surface area contributed by atoms with E-state index >= 15 is 0 Å². The summed E-state index contributed by atoms with van der Waals surface area (Å²) < 4.78 is 31.5. The van der Waals surface area contributed by atoms with E-state index < -0.39 is 35.2 Å². The Hall–Kier alpha value is -3.24. The average Bonchev–Trinajstić information content (AvgIpc) is 3.14. The lowest BCUT2D eigenvalue weighted by Gasteiger charge is -2.24. The maximum atomic E-state index is 12.6. The van der Waals surface area contributed by atoms with Crippen molar-refractivity contribution in [1.82, 2.24) is 0 Å². The third kappa shape index (κ3) is 4.61. The summed E-state index contributed by atoms with van der Waals surface area (Å²) in [6.07, 6.45) is 0. The van der Waals surface area contributed by atoms with Crippen LogP contribution in [0.1, 0.15) is 25.3 Å². The second-order valence-corrected chi connectivity index (χ2v) is 5.87. The zero-order valence-corrected chi connectivity index (χ0v) is 16.6. The fourth-order valence-corrected chi connectivity index (χ4v) is 3.12. The molecule has 0 unspecified atom stereocenters. The van der Waals surface area contributed by atoms with Crippen molar-refractivity contribution >= 4 is 11.9 Å². The normalized spacial score (nSPS) is 13.0. The molecule has 11 heteroatoms. The van der Waals surface area contributed by atoms with Gasteiger partial charge in [-0.1, -0.05) is 0 Å². The Labute approximate surface area is 166 Å². The van der Waals surface area contributed by atoms with Crippen LogP contribution in [0.25, 0.3) is 0 Å². The van der Waals surface area contributed by atoms with Gasteiger partial charge in [-0.3, -0.25) is 19.7 Å². The molecule has 1 aliphatic heterocycles. The SMILES string of the molecule is CCOC(=O)C(C(=O)OCC)[C@H](C[N+](=O)[O-])c1cc2c(c(OC)c1OC)OCO2. The predicted octanol–water partition coefficient (Wildman–Crippen LogP) is 1.54. The summed E-state index contributed by atoms with van der Waals surface area (Å²) in [5.41, 5.74) is 0.163. The molecular formula is C18H23NO10. The molecule has 0 saturated carbocycles. The molecule has 1 heterocycles. The predicted molar refractivity (Wildman–Crippen MR) is 97.0 cm³/mol. The lowest BCUT2D eigenvalue weighted by molar-refractivity contribution is -0.484. The highest BCUT2D eigenvalue weighted by Crippen LogP contribution is 2.51. The highest BCUT2D eigenvalue weighted by atomic mass is 16.7. The van der Waals surface area contributed by atoms with E-state index in [1.807, 2.05) is 0 Å². The average molecular weight is 413 g/mol. The Kier molecular flexibility index (Phi) is 7.46. The van der Waals surface area contributed by atoms with Crippen LogP contribution in [-0.4, -0.2) is 57.6 Å². The first-order chi connectivity index (χ1) is 13.9. The van der Waals surface area contributed by atoms with Crippen LogP contribution in [0.5, 0.6) is 23.0 Å². The van der Waals surface area contributed by atoms with Crippen molar-refractivity contribution in [2.24, 2.45) is 5.92 Å². The number of methoxy groups -OCH3 is 2. The molecular weight excluding hydrogens is 390 g/mol. The van der Waals surface area contributed by atoms with Crippen molar-refractivity contribution in [2.75, 3.05) is 40.8 Å². The Morgan fingerprint density at radius 3 is 2.17 bits per heavy atom. The van der Waals surface area contributed by atoms with Crippen LogP contribution >= 0.6 is 0 Å². The van der Waals surface area contributed by atoms with E-state index in [1.165, 1.54) is 20.3 Å². The number of fused-ring (bicyclic) bond motifs is 1. The van der Waals surface area contributed by atoms with Crippen LogP contribution in [-0.2, 0) is 19.1 Å². The van der Waals surface area contributed by atoms with E-state index in [0.29, 0.717) is 0 Å². The number of hydrogen-bond acceptors (Lipinski definition) is 10. The van der Waals surface area contributed by atoms with E-state index in [9.17, 15) is 19.7 Å². The van der Waals surface area contributed by atoms with Gasteiger partial charge in [0.25, 0.3) is 0 Å². The Bertz CT molecular complexity index is 760. The van der Waals surface area contributed by atoms with Gasteiger partial charge in [0.2, 0.25) is 24.8 Å². The molecule has 1 aromatic carbocycles. The maximum Gasteiger partial charge on any atom is 0.321 e. The van der Waals surface area contributed by atoms with E-state index in [4.69, 9.17) is 28.4 Å². The van der Waals surface area contributed by atoms with Gasteiger partial charge in [0.05, 0.1) is 33.4 Å². The molecule has 0 N–H and O–H groups in total. The summed E-state index contributed by atoms with van der Waals surface area (Å²) in [6.45, 7) is 2.25. The first-order valence-electron chi connectivity index (χ1n) is 8.88. The van der Waals surface area contributed by atoms with E-state index in [0.717, 1.165) is 0 Å². The van der Waals surface area contributed by atoms with Gasteiger partial charge in [-0.15, -0.1) is 0 Å². The molecule has 0 bridgehead atoms. The van der Waals surface area contributed by atoms with Crippen molar-refractivity contribution in [3.63, 3.8) is 0 Å². The van der Waals surface area contributed by atoms with Crippen molar-refractivity contribution < 1.29 is 42.9 Å². The molecule has 1 atom stereocenters. The lowest BCUT2D eigenvalue weighted by Crippen LogP contribution is -2.36. The first-order valence-corrected chi connectivity index (χ1v) is 8.88. The van der Waals surface area contributed by atoms with Crippen LogP contribution in [0.3, 0.4) is 0 Å². The summed E-state index contributed by atoms with van der Waals surface area (Å²) in [7, 11) is 2.69. The molecule has 0 radical (unpaired) electrons. The van der Waals surface area contributed by atoms with Gasteiger partial charge in [-0.25, -0.2) is 0 Å². The highest BCUT2D eigenvalue weighted by molar-refractivity contribution is 5.96. The molecule has 0 fully saturated rings. The first kappa shape index (κ1) is 22.1. The van der Waals surface area contributed by atoms with E-state index in [2.05, 4.69) is 0 Å². The number of carbonyl (C=O) groups excluding carboxylic acids is 2. The molecule has 0 amide bonds. The lowest BCUT2D eigenvalue weighted by atomic mass is 9.84. The number of rotatable bonds is 10. The zero-order chi connectivity index (χ0) is 21.6. The Morgan fingerprint density at radius 1 is 1.10 bits per heavy atom. The summed E-state index contributed by atoms with van der Waals surface area (Å²) in [4.78, 5) is 35.9. The van der Waals surface area contributed by atoms with Crippen LogP contribution in [0.2, 0.25) is 0 Å². The maximum absolute atomic E-state index is 12.6. The standard InChI is InChI=1S/C18H23NO10/c1-5-26-17(20)13(18(21)27-6-2)11(8-19(22)23)10-7-12-15(29-9-28-12)16(25-4)14(10)24-3/h7,11,13H,5-6,8-9H2,1-4H3/t11-/m1/s1. The van der Waals surface area contributed by atoms with Gasteiger partial charge < -0.3 is 28.4 Å².